The Hall–Kier alpha value is -3.41. The molecule has 0 aliphatic rings. The maximum atomic E-state index is 12.5. The minimum absolute atomic E-state index is 0.0198. The molecule has 0 spiro atoms. The van der Waals surface area contributed by atoms with E-state index in [1.807, 2.05) is 48.5 Å². The van der Waals surface area contributed by atoms with Crippen molar-refractivity contribution in [1.82, 2.24) is 14.8 Å². The van der Waals surface area contributed by atoms with Crippen LogP contribution in [-0.4, -0.2) is 26.5 Å². The molecule has 124 valence electrons. The lowest BCUT2D eigenvalue weighted by Gasteiger charge is -2.05. The van der Waals surface area contributed by atoms with Crippen LogP contribution in [0, 0.1) is 0 Å². The fourth-order valence-electron chi connectivity index (χ4n) is 3.04. The number of hydrogen-bond acceptors (Lipinski definition) is 3. The van der Waals surface area contributed by atoms with Crippen molar-refractivity contribution in [3.8, 4) is 0 Å². The van der Waals surface area contributed by atoms with E-state index in [-0.39, 0.29) is 18.2 Å². The Morgan fingerprint density at radius 2 is 1.80 bits per heavy atom. The van der Waals surface area contributed by atoms with Gasteiger partial charge in [-0.05, 0) is 25.1 Å². The number of nitrogens with one attached hydrogen (secondary N) is 2. The van der Waals surface area contributed by atoms with Gasteiger partial charge in [-0.15, -0.1) is 0 Å². The number of amides is 1. The standard InChI is InChI=1S/C19H16N4O2/c1-12(24)15-10-23(17-9-5-3-6-13(15)17)11-18(25)20-19-14-7-2-4-8-16(14)21-22-19/h2-10H,11H2,1H3,(H2,20,21,22,25). The quantitative estimate of drug-likeness (QED) is 0.562. The summed E-state index contributed by atoms with van der Waals surface area (Å²) >= 11 is 0. The fraction of sp³-hybridized carbons (Fsp3) is 0.105. The first-order chi connectivity index (χ1) is 12.1. The van der Waals surface area contributed by atoms with E-state index < -0.39 is 0 Å². The molecule has 6 heteroatoms. The van der Waals surface area contributed by atoms with Crippen molar-refractivity contribution in [3.63, 3.8) is 0 Å². The van der Waals surface area contributed by atoms with E-state index in [0.29, 0.717) is 11.4 Å². The number of H-pyrrole nitrogens is 1. The molecule has 25 heavy (non-hydrogen) atoms. The number of para-hydroxylation sites is 2. The fourth-order valence-corrected chi connectivity index (χ4v) is 3.04. The van der Waals surface area contributed by atoms with Gasteiger partial charge in [-0.1, -0.05) is 30.3 Å². The first-order valence-electron chi connectivity index (χ1n) is 7.95. The average Bonchev–Trinajstić information content (AvgIpc) is 3.18. The monoisotopic (exact) mass is 332 g/mol. The van der Waals surface area contributed by atoms with Gasteiger partial charge in [0.05, 0.1) is 5.52 Å². The summed E-state index contributed by atoms with van der Waals surface area (Å²) in [5.74, 6) is 0.283. The number of aromatic nitrogens is 3. The Morgan fingerprint density at radius 1 is 1.08 bits per heavy atom. The topological polar surface area (TPSA) is 79.8 Å². The number of aromatic amines is 1. The van der Waals surface area contributed by atoms with Crippen LogP contribution in [0.1, 0.15) is 17.3 Å². The highest BCUT2D eigenvalue weighted by molar-refractivity contribution is 6.07. The number of anilines is 1. The molecule has 0 saturated carbocycles. The minimum atomic E-state index is -0.201. The molecule has 6 nitrogen and oxygen atoms in total. The van der Waals surface area contributed by atoms with E-state index in [1.54, 1.807) is 10.8 Å². The zero-order valence-electron chi connectivity index (χ0n) is 13.6. The number of Topliss-reactive ketones (excluding diaryl/α,β-unsaturated/α-hetero) is 1. The molecule has 0 saturated heterocycles. The van der Waals surface area contributed by atoms with E-state index >= 15 is 0 Å². The Balaban J connectivity index is 1.63. The largest absolute Gasteiger partial charge is 0.337 e. The second kappa shape index (κ2) is 5.90. The van der Waals surface area contributed by atoms with E-state index in [4.69, 9.17) is 0 Å². The number of ketones is 1. The zero-order chi connectivity index (χ0) is 17.4. The van der Waals surface area contributed by atoms with Crippen LogP contribution in [-0.2, 0) is 11.3 Å². The molecule has 0 radical (unpaired) electrons. The molecule has 2 N–H and O–H groups in total. The van der Waals surface area contributed by atoms with Gasteiger partial charge in [-0.3, -0.25) is 14.7 Å². The van der Waals surface area contributed by atoms with Crippen LogP contribution in [0.2, 0.25) is 0 Å². The SMILES string of the molecule is CC(=O)c1cn(CC(=O)Nc2n[nH]c3ccccc23)c2ccccc12. The molecule has 2 aromatic carbocycles. The molecule has 0 unspecified atom stereocenters. The van der Waals surface area contributed by atoms with Gasteiger partial charge >= 0.3 is 0 Å². The third-order valence-corrected chi connectivity index (χ3v) is 4.21. The lowest BCUT2D eigenvalue weighted by molar-refractivity contribution is -0.116. The van der Waals surface area contributed by atoms with Gasteiger partial charge in [0.15, 0.2) is 11.6 Å². The van der Waals surface area contributed by atoms with Crippen LogP contribution in [0.15, 0.2) is 54.7 Å². The Bertz CT molecular complexity index is 1110. The predicted molar refractivity (Wildman–Crippen MR) is 96.7 cm³/mol. The number of fused-ring (bicyclic) bond motifs is 2. The van der Waals surface area contributed by atoms with E-state index in [2.05, 4.69) is 15.5 Å². The van der Waals surface area contributed by atoms with Crippen LogP contribution in [0.25, 0.3) is 21.8 Å². The van der Waals surface area contributed by atoms with Gasteiger partial charge in [0.2, 0.25) is 5.91 Å². The van der Waals surface area contributed by atoms with Gasteiger partial charge in [-0.2, -0.15) is 5.10 Å². The minimum Gasteiger partial charge on any atom is -0.337 e. The number of rotatable bonds is 4. The van der Waals surface area contributed by atoms with Crippen molar-refractivity contribution in [1.29, 1.82) is 0 Å². The van der Waals surface area contributed by atoms with Gasteiger partial charge < -0.3 is 9.88 Å². The molecule has 0 atom stereocenters. The molecular formula is C19H16N4O2. The Morgan fingerprint density at radius 3 is 2.60 bits per heavy atom. The second-order valence-electron chi connectivity index (χ2n) is 5.91. The summed E-state index contributed by atoms with van der Waals surface area (Å²) in [6.45, 7) is 1.64. The van der Waals surface area contributed by atoms with Gasteiger partial charge in [0.1, 0.15) is 6.54 Å². The highest BCUT2D eigenvalue weighted by Gasteiger charge is 2.14. The number of carbonyl (C=O) groups is 2. The summed E-state index contributed by atoms with van der Waals surface area (Å²) in [4.78, 5) is 24.3. The molecule has 1 amide bonds. The molecule has 0 fully saturated rings. The molecule has 0 aliphatic carbocycles. The highest BCUT2D eigenvalue weighted by Crippen LogP contribution is 2.23. The Labute approximate surface area is 143 Å². The van der Waals surface area contributed by atoms with Crippen LogP contribution in [0.4, 0.5) is 5.82 Å². The van der Waals surface area contributed by atoms with Crippen molar-refractivity contribution >= 4 is 39.3 Å². The number of hydrogen-bond donors (Lipinski definition) is 2. The molecule has 0 bridgehead atoms. The maximum Gasteiger partial charge on any atom is 0.245 e. The van der Waals surface area contributed by atoms with Crippen molar-refractivity contribution in [2.24, 2.45) is 0 Å². The predicted octanol–water partition coefficient (Wildman–Crippen LogP) is 3.36. The third kappa shape index (κ3) is 2.67. The smallest absolute Gasteiger partial charge is 0.245 e. The second-order valence-corrected chi connectivity index (χ2v) is 5.91. The summed E-state index contributed by atoms with van der Waals surface area (Å²) < 4.78 is 1.79. The van der Waals surface area contributed by atoms with E-state index in [0.717, 1.165) is 21.8 Å². The molecule has 4 rings (SSSR count). The molecule has 2 heterocycles. The number of nitrogens with zero attached hydrogens (tertiary/aromatic N) is 2. The van der Waals surface area contributed by atoms with Crippen LogP contribution < -0.4 is 5.32 Å². The van der Waals surface area contributed by atoms with Crippen LogP contribution in [0.3, 0.4) is 0 Å². The van der Waals surface area contributed by atoms with E-state index in [1.165, 1.54) is 6.92 Å². The van der Waals surface area contributed by atoms with Gasteiger partial charge in [-0.25, -0.2) is 0 Å². The van der Waals surface area contributed by atoms with Crippen LogP contribution >= 0.6 is 0 Å². The molecule has 2 aromatic heterocycles. The molecule has 0 aliphatic heterocycles. The number of carbonyl (C=O) groups excluding carboxylic acids is 2. The normalized spacial score (nSPS) is 11.1. The zero-order valence-corrected chi connectivity index (χ0v) is 13.6. The lowest BCUT2D eigenvalue weighted by Crippen LogP contribution is -2.18. The highest BCUT2D eigenvalue weighted by atomic mass is 16.2. The van der Waals surface area contributed by atoms with Crippen molar-refractivity contribution in [3.05, 3.63) is 60.3 Å². The van der Waals surface area contributed by atoms with Gasteiger partial charge in [0, 0.05) is 28.0 Å². The summed E-state index contributed by atoms with van der Waals surface area (Å²) in [6.07, 6.45) is 1.73. The van der Waals surface area contributed by atoms with Crippen molar-refractivity contribution in [2.75, 3.05) is 5.32 Å². The maximum absolute atomic E-state index is 12.5. The van der Waals surface area contributed by atoms with Gasteiger partial charge in [0.25, 0.3) is 0 Å². The summed E-state index contributed by atoms with van der Waals surface area (Å²) in [6, 6.07) is 15.2. The van der Waals surface area contributed by atoms with Crippen molar-refractivity contribution < 1.29 is 9.59 Å². The van der Waals surface area contributed by atoms with E-state index in [9.17, 15) is 9.59 Å². The average molecular weight is 332 g/mol. The summed E-state index contributed by atoms with van der Waals surface area (Å²) in [5, 5.41) is 11.6. The summed E-state index contributed by atoms with van der Waals surface area (Å²) in [7, 11) is 0. The number of benzene rings is 2. The lowest BCUT2D eigenvalue weighted by atomic mass is 10.1. The first-order valence-corrected chi connectivity index (χ1v) is 7.95. The summed E-state index contributed by atoms with van der Waals surface area (Å²) in [5.41, 5.74) is 2.34. The molecular weight excluding hydrogens is 316 g/mol. The molecule has 4 aromatic rings. The van der Waals surface area contributed by atoms with Crippen LogP contribution in [0.5, 0.6) is 0 Å². The first kappa shape index (κ1) is 15.1. The third-order valence-electron chi connectivity index (χ3n) is 4.21. The Kier molecular flexibility index (Phi) is 3.57. The van der Waals surface area contributed by atoms with Crippen molar-refractivity contribution in [2.45, 2.75) is 13.5 Å².